The highest BCUT2D eigenvalue weighted by molar-refractivity contribution is 7.80. The second-order valence-electron chi connectivity index (χ2n) is 7.72. The van der Waals surface area contributed by atoms with E-state index in [2.05, 4.69) is 45.2 Å². The summed E-state index contributed by atoms with van der Waals surface area (Å²) in [5, 5.41) is 3.92. The fraction of sp³-hybridized carbons (Fsp3) is 0.364. The maximum absolute atomic E-state index is 13.6. The first-order chi connectivity index (χ1) is 13.8. The van der Waals surface area contributed by atoms with Gasteiger partial charge in [0.25, 0.3) is 5.92 Å². The minimum absolute atomic E-state index is 0.0430. The number of hydrogen-bond acceptors (Lipinski definition) is 2. The molecule has 7 heteroatoms. The molecule has 2 aromatic carbocycles. The van der Waals surface area contributed by atoms with Crippen molar-refractivity contribution in [2.45, 2.75) is 26.2 Å². The van der Waals surface area contributed by atoms with Crippen LogP contribution in [0.4, 0.5) is 20.2 Å². The van der Waals surface area contributed by atoms with Crippen LogP contribution in [0.3, 0.4) is 0 Å². The Labute approximate surface area is 175 Å². The maximum Gasteiger partial charge on any atom is 0.270 e. The Bertz CT molecular complexity index is 960. The fourth-order valence-corrected chi connectivity index (χ4v) is 4.05. The molecule has 2 aromatic rings. The van der Waals surface area contributed by atoms with E-state index in [1.807, 2.05) is 6.07 Å². The van der Waals surface area contributed by atoms with E-state index in [-0.39, 0.29) is 5.56 Å². The zero-order chi connectivity index (χ0) is 20.6. The number of alkyl halides is 2. The molecule has 152 valence electrons. The van der Waals surface area contributed by atoms with Crippen molar-refractivity contribution >= 4 is 34.5 Å². The van der Waals surface area contributed by atoms with Gasteiger partial charge in [0.1, 0.15) is 5.84 Å². The number of halogens is 2. The number of thiocarbonyl (C=S) groups is 1. The molecule has 29 heavy (non-hydrogen) atoms. The van der Waals surface area contributed by atoms with Crippen molar-refractivity contribution in [2.24, 2.45) is 4.99 Å². The summed E-state index contributed by atoms with van der Waals surface area (Å²) in [4.78, 5) is 8.83. The molecular weight excluding hydrogens is 390 g/mol. The Morgan fingerprint density at radius 3 is 2.59 bits per heavy atom. The Kier molecular flexibility index (Phi) is 5.25. The molecule has 0 aliphatic carbocycles. The zero-order valence-corrected chi connectivity index (χ0v) is 17.4. The second-order valence-corrected chi connectivity index (χ2v) is 8.08. The number of nitrogens with zero attached hydrogens (tertiary/aromatic N) is 3. The monoisotopic (exact) mass is 414 g/mol. The highest BCUT2D eigenvalue weighted by Crippen LogP contribution is 2.30. The first-order valence-corrected chi connectivity index (χ1v) is 10.2. The summed E-state index contributed by atoms with van der Waals surface area (Å²) in [5.41, 5.74) is 4.43. The molecule has 0 unspecified atom stereocenters. The molecule has 1 N–H and O–H groups in total. The maximum atomic E-state index is 13.6. The average Bonchev–Trinajstić information content (AvgIpc) is 3.09. The predicted molar refractivity (Wildman–Crippen MR) is 118 cm³/mol. The lowest BCUT2D eigenvalue weighted by molar-refractivity contribution is 0.0175. The van der Waals surface area contributed by atoms with Gasteiger partial charge in [0.15, 0.2) is 5.11 Å². The lowest BCUT2D eigenvalue weighted by atomic mass is 10.1. The fourth-order valence-electron chi connectivity index (χ4n) is 3.76. The number of benzene rings is 2. The summed E-state index contributed by atoms with van der Waals surface area (Å²) >= 11 is 5.55. The molecule has 0 radical (unpaired) electrons. The molecule has 0 atom stereocenters. The van der Waals surface area contributed by atoms with Crippen LogP contribution in [-0.4, -0.2) is 42.0 Å². The van der Waals surface area contributed by atoms with Crippen molar-refractivity contribution in [3.63, 3.8) is 0 Å². The minimum atomic E-state index is -2.83. The molecule has 0 amide bonds. The number of aliphatic imine (C=N–C) groups is 1. The van der Waals surface area contributed by atoms with Crippen LogP contribution in [0.25, 0.3) is 0 Å². The Morgan fingerprint density at radius 2 is 1.86 bits per heavy atom. The van der Waals surface area contributed by atoms with E-state index >= 15 is 0 Å². The number of nitrogens with one attached hydrogen (secondary N) is 1. The Morgan fingerprint density at radius 1 is 1.10 bits per heavy atom. The molecule has 1 saturated heterocycles. The molecule has 2 aliphatic rings. The topological polar surface area (TPSA) is 30.9 Å². The molecule has 0 aromatic heterocycles. The smallest absolute Gasteiger partial charge is 0.270 e. The van der Waals surface area contributed by atoms with Gasteiger partial charge in [-0.05, 0) is 42.9 Å². The van der Waals surface area contributed by atoms with Crippen LogP contribution in [0.2, 0.25) is 0 Å². The van der Waals surface area contributed by atoms with Gasteiger partial charge in [-0.2, -0.15) is 0 Å². The number of anilines is 2. The first kappa shape index (κ1) is 19.8. The second kappa shape index (κ2) is 7.71. The molecule has 2 aliphatic heterocycles. The molecule has 0 spiro atoms. The van der Waals surface area contributed by atoms with E-state index in [0.29, 0.717) is 18.2 Å². The summed E-state index contributed by atoms with van der Waals surface area (Å²) < 4.78 is 27.2. The standard InChI is InChI=1S/C22H24F2N4S/c1-15-6-7-19-16(12-15)13-20(25-19)26-21(29)28-10-8-27(9-11-28)18-5-3-4-17(14-18)22(2,23)24/h3-7,12,14H,8-11,13H2,1-2H3,(H,25,26,29). The van der Waals surface area contributed by atoms with Crippen molar-refractivity contribution in [2.75, 3.05) is 36.4 Å². The van der Waals surface area contributed by atoms with Gasteiger partial charge in [-0.3, -0.25) is 0 Å². The Balaban J connectivity index is 1.37. The van der Waals surface area contributed by atoms with Crippen molar-refractivity contribution in [1.29, 1.82) is 0 Å². The van der Waals surface area contributed by atoms with Crippen molar-refractivity contribution < 1.29 is 8.78 Å². The Hall–Kier alpha value is -2.54. The third-order valence-corrected chi connectivity index (χ3v) is 5.75. The van der Waals surface area contributed by atoms with Gasteiger partial charge in [0.05, 0.1) is 0 Å². The number of hydrogen-bond donors (Lipinski definition) is 1. The summed E-state index contributed by atoms with van der Waals surface area (Å²) in [6, 6.07) is 12.9. The highest BCUT2D eigenvalue weighted by Gasteiger charge is 2.26. The molecule has 0 saturated carbocycles. The van der Waals surface area contributed by atoms with Crippen molar-refractivity contribution in [1.82, 2.24) is 4.90 Å². The van der Waals surface area contributed by atoms with Gasteiger partial charge >= 0.3 is 0 Å². The zero-order valence-electron chi connectivity index (χ0n) is 16.6. The molecular formula is C22H24F2N4S. The van der Waals surface area contributed by atoms with E-state index in [0.717, 1.165) is 43.6 Å². The van der Waals surface area contributed by atoms with Crippen molar-refractivity contribution in [3.05, 3.63) is 59.2 Å². The quantitative estimate of drug-likeness (QED) is 0.729. The van der Waals surface area contributed by atoms with E-state index in [9.17, 15) is 8.78 Å². The highest BCUT2D eigenvalue weighted by atomic mass is 32.1. The van der Waals surface area contributed by atoms with Gasteiger partial charge in [0, 0.05) is 56.5 Å². The van der Waals surface area contributed by atoms with Crippen LogP contribution in [-0.2, 0) is 12.3 Å². The summed E-state index contributed by atoms with van der Waals surface area (Å²) in [6.45, 7) is 5.88. The van der Waals surface area contributed by atoms with Crippen LogP contribution < -0.4 is 10.2 Å². The van der Waals surface area contributed by atoms with Crippen LogP contribution in [0, 0.1) is 6.92 Å². The normalized spacial score (nSPS) is 18.0. The molecule has 4 nitrogen and oxygen atoms in total. The molecule has 0 bridgehead atoms. The van der Waals surface area contributed by atoms with Crippen LogP contribution in [0.15, 0.2) is 47.5 Å². The summed E-state index contributed by atoms with van der Waals surface area (Å²) in [6.07, 6.45) is 0.759. The van der Waals surface area contributed by atoms with Crippen molar-refractivity contribution in [3.8, 4) is 0 Å². The van der Waals surface area contributed by atoms with E-state index in [4.69, 9.17) is 12.2 Å². The molecule has 2 heterocycles. The van der Waals surface area contributed by atoms with Gasteiger partial charge < -0.3 is 15.1 Å². The molecule has 4 rings (SSSR count). The van der Waals surface area contributed by atoms with Gasteiger partial charge in [0.2, 0.25) is 0 Å². The van der Waals surface area contributed by atoms with Crippen LogP contribution in [0.5, 0.6) is 0 Å². The van der Waals surface area contributed by atoms with E-state index in [1.165, 1.54) is 17.2 Å². The first-order valence-electron chi connectivity index (χ1n) is 9.76. The van der Waals surface area contributed by atoms with Gasteiger partial charge in [-0.1, -0.05) is 29.8 Å². The number of piperazine rings is 1. The third-order valence-electron chi connectivity index (χ3n) is 5.40. The lowest BCUT2D eigenvalue weighted by Crippen LogP contribution is -2.48. The number of rotatable bonds is 2. The van der Waals surface area contributed by atoms with Gasteiger partial charge in [-0.25, -0.2) is 13.8 Å². The third kappa shape index (κ3) is 4.40. The number of aryl methyl sites for hydroxylation is 1. The predicted octanol–water partition coefficient (Wildman–Crippen LogP) is 4.58. The molecule has 1 fully saturated rings. The van der Waals surface area contributed by atoms with E-state index in [1.54, 1.807) is 12.1 Å². The van der Waals surface area contributed by atoms with Crippen LogP contribution >= 0.6 is 12.2 Å². The lowest BCUT2D eigenvalue weighted by Gasteiger charge is -2.36. The number of amidine groups is 1. The largest absolute Gasteiger partial charge is 0.368 e. The van der Waals surface area contributed by atoms with Crippen LogP contribution in [0.1, 0.15) is 23.6 Å². The number of fused-ring (bicyclic) bond motifs is 1. The van der Waals surface area contributed by atoms with E-state index < -0.39 is 5.92 Å². The average molecular weight is 415 g/mol. The SMILES string of the molecule is Cc1ccc2c(c1)CC(=NC(=S)N1CCN(c3cccc(C(C)(F)F)c3)CC1)N2. The summed E-state index contributed by atoms with van der Waals surface area (Å²) in [7, 11) is 0. The summed E-state index contributed by atoms with van der Waals surface area (Å²) in [5.74, 6) is -1.96. The minimum Gasteiger partial charge on any atom is -0.368 e. The van der Waals surface area contributed by atoms with Gasteiger partial charge in [-0.15, -0.1) is 0 Å².